The van der Waals surface area contributed by atoms with Gasteiger partial charge in [-0.2, -0.15) is 0 Å². The molecule has 0 atom stereocenters. The molecule has 2 N–H and O–H groups in total. The second-order valence-electron chi connectivity index (χ2n) is 15.9. The number of hydrogen-bond donors (Lipinski definition) is 2. The highest BCUT2D eigenvalue weighted by atomic mass is 32.2. The summed E-state index contributed by atoms with van der Waals surface area (Å²) in [4.78, 5) is 46.2. The van der Waals surface area contributed by atoms with Gasteiger partial charge in [-0.15, -0.1) is 13.2 Å². The van der Waals surface area contributed by atoms with Gasteiger partial charge < -0.3 is 29.3 Å². The highest BCUT2D eigenvalue weighted by Gasteiger charge is 2.29. The van der Waals surface area contributed by atoms with Crippen LogP contribution in [0.3, 0.4) is 0 Å². The fraction of sp³-hybridized carbons (Fsp3) is 0.413. The maximum atomic E-state index is 13.6. The number of likely N-dealkylation sites (N-methyl/N-ethyl adjacent to an activating group) is 1. The van der Waals surface area contributed by atoms with Crippen LogP contribution in [0.5, 0.6) is 5.75 Å². The second kappa shape index (κ2) is 18.7. The average Bonchev–Trinajstić information content (AvgIpc) is 3.81. The lowest BCUT2D eigenvalue weighted by atomic mass is 9.81. The zero-order valence-corrected chi connectivity index (χ0v) is 34.9. The SMILES string of the molecule is C=CCCNC(=O)Cn1c(-c2ccc(OCc3cc(N4CCCC4=O)ccc3N3CCN(C)CC3)cc2)c(C2CCCCC2)c2ccc(C(=O)NS(=O)(=O)CC=C)cc21. The Balaban J connectivity index is 1.24. The number of ether oxygens (including phenoxy) is 1. The number of sulfonamides is 1. The van der Waals surface area contributed by atoms with Crippen LogP contribution in [0.4, 0.5) is 11.4 Å². The molecule has 1 aromatic heterocycles. The van der Waals surface area contributed by atoms with Gasteiger partial charge in [0.05, 0.1) is 17.0 Å². The van der Waals surface area contributed by atoms with Gasteiger partial charge in [-0.05, 0) is 104 Å². The Morgan fingerprint density at radius 3 is 2.36 bits per heavy atom. The van der Waals surface area contributed by atoms with Gasteiger partial charge in [0.25, 0.3) is 5.91 Å². The van der Waals surface area contributed by atoms with E-state index >= 15 is 0 Å². The molecule has 13 heteroatoms. The Morgan fingerprint density at radius 2 is 1.66 bits per heavy atom. The summed E-state index contributed by atoms with van der Waals surface area (Å²) in [5, 5.41) is 3.93. The number of aromatic nitrogens is 1. The van der Waals surface area contributed by atoms with Crippen LogP contribution >= 0.6 is 0 Å². The molecule has 3 amide bonds. The van der Waals surface area contributed by atoms with Gasteiger partial charge in [-0.1, -0.05) is 37.5 Å². The first-order valence-electron chi connectivity index (χ1n) is 20.8. The molecule has 7 rings (SSSR count). The number of fused-ring (bicyclic) bond motifs is 1. The first-order valence-corrected chi connectivity index (χ1v) is 22.5. The van der Waals surface area contributed by atoms with Crippen LogP contribution in [0.25, 0.3) is 22.2 Å². The summed E-state index contributed by atoms with van der Waals surface area (Å²) in [5.74, 6) is -0.247. The highest BCUT2D eigenvalue weighted by molar-refractivity contribution is 7.90. The topological polar surface area (TPSA) is 133 Å². The van der Waals surface area contributed by atoms with Crippen molar-refractivity contribution in [2.45, 2.75) is 70.4 Å². The van der Waals surface area contributed by atoms with Gasteiger partial charge in [0, 0.05) is 73.6 Å². The molecule has 312 valence electrons. The summed E-state index contributed by atoms with van der Waals surface area (Å²) in [6.45, 7) is 12.5. The van der Waals surface area contributed by atoms with Gasteiger partial charge in [-0.25, -0.2) is 13.1 Å². The van der Waals surface area contributed by atoms with E-state index in [1.54, 1.807) is 18.2 Å². The van der Waals surface area contributed by atoms with Gasteiger partial charge >= 0.3 is 0 Å². The van der Waals surface area contributed by atoms with Crippen LogP contribution in [0.2, 0.25) is 0 Å². The first kappa shape index (κ1) is 41.7. The smallest absolute Gasteiger partial charge is 0.264 e. The van der Waals surface area contributed by atoms with E-state index in [4.69, 9.17) is 4.74 Å². The maximum Gasteiger partial charge on any atom is 0.264 e. The number of nitrogens with one attached hydrogen (secondary N) is 2. The minimum absolute atomic E-state index is 0.00128. The van der Waals surface area contributed by atoms with Crippen molar-refractivity contribution in [3.63, 3.8) is 0 Å². The molecule has 1 aliphatic carbocycles. The van der Waals surface area contributed by atoms with Crippen molar-refractivity contribution in [2.75, 3.05) is 61.9 Å². The molecule has 0 radical (unpaired) electrons. The average molecular weight is 821 g/mol. The molecule has 2 saturated heterocycles. The van der Waals surface area contributed by atoms with Crippen molar-refractivity contribution in [1.29, 1.82) is 0 Å². The quantitative estimate of drug-likeness (QED) is 0.0938. The maximum absolute atomic E-state index is 13.6. The minimum Gasteiger partial charge on any atom is -0.489 e. The summed E-state index contributed by atoms with van der Waals surface area (Å²) < 4.78 is 35.6. The molecule has 3 fully saturated rings. The molecule has 1 saturated carbocycles. The molecule has 4 aromatic rings. The minimum atomic E-state index is -3.91. The van der Waals surface area contributed by atoms with Crippen LogP contribution in [-0.4, -0.2) is 87.7 Å². The number of anilines is 2. The monoisotopic (exact) mass is 820 g/mol. The van der Waals surface area contributed by atoms with Crippen LogP contribution < -0.4 is 24.6 Å². The van der Waals surface area contributed by atoms with Crippen LogP contribution in [0.15, 0.2) is 86.0 Å². The summed E-state index contributed by atoms with van der Waals surface area (Å²) in [6.07, 6.45) is 10.4. The van der Waals surface area contributed by atoms with Crippen molar-refractivity contribution >= 4 is 50.0 Å². The number of carbonyl (C=O) groups is 3. The molecule has 0 spiro atoms. The van der Waals surface area contributed by atoms with E-state index in [2.05, 4.69) is 58.2 Å². The lowest BCUT2D eigenvalue weighted by Gasteiger charge is -2.35. The molecule has 3 aliphatic rings. The van der Waals surface area contributed by atoms with Crippen molar-refractivity contribution in [3.8, 4) is 17.0 Å². The number of amides is 3. The molecule has 12 nitrogen and oxygen atoms in total. The molecule has 3 heterocycles. The Hall–Kier alpha value is -5.40. The van der Waals surface area contributed by atoms with Gasteiger partial charge in [0.2, 0.25) is 21.8 Å². The van der Waals surface area contributed by atoms with Gasteiger partial charge in [0.15, 0.2) is 0 Å². The zero-order valence-electron chi connectivity index (χ0n) is 34.1. The number of carbonyl (C=O) groups excluding carboxylic acids is 3. The largest absolute Gasteiger partial charge is 0.489 e. The van der Waals surface area contributed by atoms with Crippen molar-refractivity contribution in [2.24, 2.45) is 0 Å². The molecule has 2 aliphatic heterocycles. The van der Waals surface area contributed by atoms with Gasteiger partial charge in [0.1, 0.15) is 18.9 Å². The Kier molecular flexibility index (Phi) is 13.2. The third kappa shape index (κ3) is 9.74. The standard InChI is InChI=1S/C46H56N6O6S/c1-4-6-22-47-42(53)31-52-41-30-35(46(55)48-59(56,57)28-5-2)16-20-39(41)44(33-11-8-7-9-12-33)45(52)34-14-18-38(19-15-34)58-32-36-29-37(51-23-10-13-43(51)54)17-21-40(36)50-26-24-49(3)25-27-50/h4-5,14-21,29-30,33H,1-2,6-13,22-28,31-32H2,3H3,(H,47,53)(H,48,55). The number of benzene rings is 3. The Labute approximate surface area is 347 Å². The normalized spacial score (nSPS) is 16.7. The van der Waals surface area contributed by atoms with Crippen molar-refractivity contribution < 1.29 is 27.5 Å². The summed E-state index contributed by atoms with van der Waals surface area (Å²) in [6, 6.07) is 19.5. The predicted octanol–water partition coefficient (Wildman–Crippen LogP) is 6.75. The number of piperazine rings is 1. The molecule has 3 aromatic carbocycles. The number of hydrogen-bond acceptors (Lipinski definition) is 8. The van der Waals surface area contributed by atoms with E-state index < -0.39 is 15.9 Å². The summed E-state index contributed by atoms with van der Waals surface area (Å²) in [7, 11) is -1.77. The Bertz CT molecular complexity index is 2310. The van der Waals surface area contributed by atoms with E-state index in [1.165, 1.54) is 12.5 Å². The van der Waals surface area contributed by atoms with Gasteiger partial charge in [-0.3, -0.25) is 14.4 Å². The van der Waals surface area contributed by atoms with E-state index in [-0.39, 0.29) is 35.6 Å². The third-order valence-corrected chi connectivity index (χ3v) is 12.9. The predicted molar refractivity (Wildman–Crippen MR) is 235 cm³/mol. The van der Waals surface area contributed by atoms with E-state index in [1.807, 2.05) is 39.8 Å². The third-order valence-electron chi connectivity index (χ3n) is 11.8. The Morgan fingerprint density at radius 1 is 0.898 bits per heavy atom. The lowest BCUT2D eigenvalue weighted by Crippen LogP contribution is -2.44. The van der Waals surface area contributed by atoms with Crippen LogP contribution in [0.1, 0.15) is 78.8 Å². The molecular formula is C46H56N6O6S. The van der Waals surface area contributed by atoms with E-state index in [9.17, 15) is 22.8 Å². The van der Waals surface area contributed by atoms with Crippen molar-refractivity contribution in [1.82, 2.24) is 19.5 Å². The van der Waals surface area contributed by atoms with Crippen LogP contribution in [0, 0.1) is 0 Å². The van der Waals surface area contributed by atoms with Crippen molar-refractivity contribution in [3.05, 3.63) is 103 Å². The van der Waals surface area contributed by atoms with Crippen LogP contribution in [-0.2, 0) is 32.8 Å². The number of nitrogens with zero attached hydrogens (tertiary/aromatic N) is 4. The molecule has 0 bridgehead atoms. The fourth-order valence-corrected chi connectivity index (χ4v) is 9.50. The molecule has 59 heavy (non-hydrogen) atoms. The first-order chi connectivity index (χ1) is 28.5. The lowest BCUT2D eigenvalue weighted by molar-refractivity contribution is -0.121. The fourth-order valence-electron chi connectivity index (χ4n) is 8.71. The molecule has 0 unspecified atom stereocenters. The second-order valence-corrected chi connectivity index (χ2v) is 17.7. The molecular weight excluding hydrogens is 765 g/mol. The van der Waals surface area contributed by atoms with E-state index in [0.29, 0.717) is 37.3 Å². The number of rotatable bonds is 16. The highest BCUT2D eigenvalue weighted by Crippen LogP contribution is 2.45. The summed E-state index contributed by atoms with van der Waals surface area (Å²) >= 11 is 0. The summed E-state index contributed by atoms with van der Waals surface area (Å²) in [5.41, 5.74) is 6.82. The van der Waals surface area contributed by atoms with E-state index in [0.717, 1.165) is 104 Å². The zero-order chi connectivity index (χ0) is 41.5.